The fourth-order valence-corrected chi connectivity index (χ4v) is 3.68. The third-order valence-corrected chi connectivity index (χ3v) is 5.49. The second-order valence-electron chi connectivity index (χ2n) is 8.24. The molecule has 0 radical (unpaired) electrons. The van der Waals surface area contributed by atoms with E-state index in [9.17, 15) is 4.79 Å². The molecule has 2 heterocycles. The van der Waals surface area contributed by atoms with Gasteiger partial charge in [0.05, 0.1) is 17.1 Å². The van der Waals surface area contributed by atoms with E-state index in [1.807, 2.05) is 24.3 Å². The molecule has 3 aromatic rings. The van der Waals surface area contributed by atoms with Crippen LogP contribution in [0.4, 0.5) is 0 Å². The lowest BCUT2D eigenvalue weighted by Gasteiger charge is -2.22. The Hall–Kier alpha value is -2.96. The largest absolute Gasteiger partial charge is 0.298 e. The topological polar surface area (TPSA) is 69.9 Å². The molecule has 0 unspecified atom stereocenters. The molecule has 2 N–H and O–H groups in total. The van der Waals surface area contributed by atoms with Crippen molar-refractivity contribution in [1.29, 1.82) is 0 Å². The number of amides is 1. The van der Waals surface area contributed by atoms with Gasteiger partial charge in [-0.15, -0.1) is 0 Å². The first-order valence-corrected chi connectivity index (χ1v) is 10.8. The SMILES string of the molecule is CCN(CCC(C)C)Cc1c(C)nc2cc(C=CC(=O)NO)cc(-c3ccccc3)n12. The highest BCUT2D eigenvalue weighted by Crippen LogP contribution is 2.27. The number of carbonyl (C=O) groups is 1. The van der Waals surface area contributed by atoms with E-state index in [1.54, 1.807) is 11.6 Å². The number of carbonyl (C=O) groups excluding carboxylic acids is 1. The fourth-order valence-electron chi connectivity index (χ4n) is 3.68. The predicted octanol–water partition coefficient (Wildman–Crippen LogP) is 4.70. The molecule has 0 fully saturated rings. The number of hydroxylamine groups is 1. The van der Waals surface area contributed by atoms with Crippen molar-refractivity contribution in [3.05, 3.63) is 65.5 Å². The lowest BCUT2D eigenvalue weighted by Crippen LogP contribution is -2.26. The summed E-state index contributed by atoms with van der Waals surface area (Å²) in [7, 11) is 0. The van der Waals surface area contributed by atoms with Crippen molar-refractivity contribution in [3.63, 3.8) is 0 Å². The van der Waals surface area contributed by atoms with E-state index in [-0.39, 0.29) is 0 Å². The van der Waals surface area contributed by atoms with Crippen molar-refractivity contribution < 1.29 is 10.0 Å². The van der Waals surface area contributed by atoms with Crippen molar-refractivity contribution >= 4 is 17.6 Å². The van der Waals surface area contributed by atoms with Crippen LogP contribution in [0, 0.1) is 12.8 Å². The van der Waals surface area contributed by atoms with E-state index < -0.39 is 5.91 Å². The molecule has 0 spiro atoms. The molecular weight excluding hydrogens is 388 g/mol. The number of nitrogens with zero attached hydrogens (tertiary/aromatic N) is 3. The molecule has 6 nitrogen and oxygen atoms in total. The summed E-state index contributed by atoms with van der Waals surface area (Å²) in [5.74, 6) is 0.104. The summed E-state index contributed by atoms with van der Waals surface area (Å²) in [6.07, 6.45) is 4.15. The van der Waals surface area contributed by atoms with Crippen LogP contribution in [-0.2, 0) is 11.3 Å². The molecule has 6 heteroatoms. The molecule has 0 atom stereocenters. The Bertz CT molecular complexity index is 1050. The van der Waals surface area contributed by atoms with Gasteiger partial charge < -0.3 is 0 Å². The Kier molecular flexibility index (Phi) is 7.60. The summed E-state index contributed by atoms with van der Waals surface area (Å²) in [4.78, 5) is 18.8. The van der Waals surface area contributed by atoms with Gasteiger partial charge >= 0.3 is 0 Å². The summed E-state index contributed by atoms with van der Waals surface area (Å²) in [5.41, 5.74) is 7.62. The second-order valence-corrected chi connectivity index (χ2v) is 8.24. The van der Waals surface area contributed by atoms with Gasteiger partial charge in [-0.2, -0.15) is 0 Å². The molecule has 0 aliphatic heterocycles. The smallest absolute Gasteiger partial charge is 0.267 e. The lowest BCUT2D eigenvalue weighted by molar-refractivity contribution is -0.124. The van der Waals surface area contributed by atoms with Gasteiger partial charge in [0.15, 0.2) is 0 Å². The minimum absolute atomic E-state index is 0.565. The van der Waals surface area contributed by atoms with Crippen LogP contribution in [0.5, 0.6) is 0 Å². The monoisotopic (exact) mass is 420 g/mol. The zero-order valence-electron chi connectivity index (χ0n) is 18.8. The third-order valence-electron chi connectivity index (χ3n) is 5.49. The van der Waals surface area contributed by atoms with Crippen molar-refractivity contribution in [1.82, 2.24) is 19.8 Å². The normalized spacial score (nSPS) is 11.8. The van der Waals surface area contributed by atoms with Crippen LogP contribution in [0.15, 0.2) is 48.5 Å². The van der Waals surface area contributed by atoms with Crippen molar-refractivity contribution in [3.8, 4) is 11.3 Å². The Morgan fingerprint density at radius 2 is 2.00 bits per heavy atom. The van der Waals surface area contributed by atoms with Gasteiger partial charge in [-0.3, -0.25) is 19.3 Å². The van der Waals surface area contributed by atoms with Crippen LogP contribution in [0.25, 0.3) is 23.0 Å². The molecule has 0 bridgehead atoms. The molecule has 0 aliphatic rings. The van der Waals surface area contributed by atoms with E-state index in [1.165, 1.54) is 11.8 Å². The molecule has 2 aromatic heterocycles. The molecular formula is C25H32N4O2. The minimum Gasteiger partial charge on any atom is -0.298 e. The minimum atomic E-state index is -0.565. The van der Waals surface area contributed by atoms with E-state index in [2.05, 4.69) is 55.2 Å². The van der Waals surface area contributed by atoms with E-state index in [4.69, 9.17) is 10.2 Å². The van der Waals surface area contributed by atoms with Crippen molar-refractivity contribution in [2.45, 2.75) is 40.7 Å². The van der Waals surface area contributed by atoms with Gasteiger partial charge in [0.1, 0.15) is 5.65 Å². The molecule has 31 heavy (non-hydrogen) atoms. The maximum Gasteiger partial charge on any atom is 0.267 e. The van der Waals surface area contributed by atoms with Gasteiger partial charge in [-0.25, -0.2) is 10.5 Å². The molecule has 3 rings (SSSR count). The zero-order valence-corrected chi connectivity index (χ0v) is 18.8. The Labute approximate surface area is 184 Å². The highest BCUT2D eigenvalue weighted by atomic mass is 16.5. The molecule has 1 aromatic carbocycles. The van der Waals surface area contributed by atoms with E-state index in [0.717, 1.165) is 54.2 Å². The number of aryl methyl sites for hydroxylation is 1. The second kappa shape index (κ2) is 10.4. The zero-order chi connectivity index (χ0) is 22.4. The fraction of sp³-hybridized carbons (Fsp3) is 0.360. The Balaban J connectivity index is 2.11. The van der Waals surface area contributed by atoms with Crippen LogP contribution in [-0.4, -0.2) is 38.5 Å². The first kappa shape index (κ1) is 22.7. The van der Waals surface area contributed by atoms with Crippen LogP contribution in [0.2, 0.25) is 0 Å². The number of benzene rings is 1. The number of fused-ring (bicyclic) bond motifs is 1. The maximum absolute atomic E-state index is 11.5. The Morgan fingerprint density at radius 1 is 1.26 bits per heavy atom. The van der Waals surface area contributed by atoms with E-state index >= 15 is 0 Å². The van der Waals surface area contributed by atoms with Crippen molar-refractivity contribution in [2.75, 3.05) is 13.1 Å². The molecule has 0 saturated heterocycles. The first-order chi connectivity index (χ1) is 14.9. The summed E-state index contributed by atoms with van der Waals surface area (Å²) in [6, 6.07) is 14.2. The number of imidazole rings is 1. The van der Waals surface area contributed by atoms with E-state index in [0.29, 0.717) is 5.92 Å². The average Bonchev–Trinajstić information content (AvgIpc) is 3.09. The van der Waals surface area contributed by atoms with Gasteiger partial charge in [0.25, 0.3) is 5.91 Å². The molecule has 1 amide bonds. The standard InChI is InChI=1S/C25H32N4O2/c1-5-28(14-13-18(2)3)17-23-19(4)26-24-16-20(11-12-25(30)27-31)15-22(29(23)24)21-9-7-6-8-10-21/h6-12,15-16,18,31H,5,13-14,17H2,1-4H3,(H,27,30). The number of aromatic nitrogens is 2. The van der Waals surface area contributed by atoms with Gasteiger partial charge in [0, 0.05) is 12.6 Å². The van der Waals surface area contributed by atoms with Crippen LogP contribution >= 0.6 is 0 Å². The average molecular weight is 421 g/mol. The number of hydrogen-bond acceptors (Lipinski definition) is 4. The van der Waals surface area contributed by atoms with Gasteiger partial charge in [0.2, 0.25) is 0 Å². The van der Waals surface area contributed by atoms with Gasteiger partial charge in [-0.1, -0.05) is 51.1 Å². The van der Waals surface area contributed by atoms with Crippen LogP contribution in [0.1, 0.15) is 44.1 Å². The summed E-state index contributed by atoms with van der Waals surface area (Å²) in [5, 5.41) is 8.77. The lowest BCUT2D eigenvalue weighted by atomic mass is 10.1. The number of hydrogen-bond donors (Lipinski definition) is 2. The number of nitrogens with one attached hydrogen (secondary N) is 1. The quantitative estimate of drug-likeness (QED) is 0.299. The molecule has 0 aliphatic carbocycles. The summed E-state index contributed by atoms with van der Waals surface area (Å²) >= 11 is 0. The van der Waals surface area contributed by atoms with Crippen molar-refractivity contribution in [2.24, 2.45) is 5.92 Å². The highest BCUT2D eigenvalue weighted by Gasteiger charge is 2.17. The third kappa shape index (κ3) is 5.60. The number of pyridine rings is 1. The van der Waals surface area contributed by atoms with Crippen LogP contribution < -0.4 is 5.48 Å². The Morgan fingerprint density at radius 3 is 2.65 bits per heavy atom. The maximum atomic E-state index is 11.5. The van der Waals surface area contributed by atoms with Gasteiger partial charge in [-0.05, 0) is 61.7 Å². The first-order valence-electron chi connectivity index (χ1n) is 10.8. The summed E-state index contributed by atoms with van der Waals surface area (Å²) in [6.45, 7) is 11.6. The summed E-state index contributed by atoms with van der Waals surface area (Å²) < 4.78 is 2.23. The molecule has 0 saturated carbocycles. The van der Waals surface area contributed by atoms with Crippen LogP contribution in [0.3, 0.4) is 0 Å². The number of rotatable bonds is 9. The molecule has 164 valence electrons. The predicted molar refractivity (Wildman–Crippen MR) is 125 cm³/mol. The highest BCUT2D eigenvalue weighted by molar-refractivity contribution is 5.91.